The number of halogens is 3. The molecule has 7 heteroatoms. The van der Waals surface area contributed by atoms with Crippen molar-refractivity contribution in [3.63, 3.8) is 0 Å². The molecule has 2 rings (SSSR count). The summed E-state index contributed by atoms with van der Waals surface area (Å²) in [6, 6.07) is 0.890. The predicted octanol–water partition coefficient (Wildman–Crippen LogP) is 3.27. The summed E-state index contributed by atoms with van der Waals surface area (Å²) < 4.78 is 43.2. The molecule has 0 aliphatic carbocycles. The van der Waals surface area contributed by atoms with Gasteiger partial charge in [-0.15, -0.1) is 0 Å². The first kappa shape index (κ1) is 12.5. The lowest BCUT2D eigenvalue weighted by atomic mass is 10.1. The molecule has 0 radical (unpaired) electrons. The van der Waals surface area contributed by atoms with Gasteiger partial charge < -0.3 is 4.52 Å². The first-order valence-electron chi connectivity index (χ1n) is 5.24. The largest absolute Gasteiger partial charge is 0.417 e. The molecule has 0 amide bonds. The molecule has 0 fully saturated rings. The van der Waals surface area contributed by atoms with Gasteiger partial charge in [0.25, 0.3) is 0 Å². The molecule has 18 heavy (non-hydrogen) atoms. The molecule has 2 heterocycles. The minimum Gasteiger partial charge on any atom is -0.339 e. The minimum absolute atomic E-state index is 0.0442. The average Bonchev–Trinajstić information content (AvgIpc) is 2.77. The van der Waals surface area contributed by atoms with Crippen LogP contribution in [0.4, 0.5) is 13.2 Å². The molecule has 96 valence electrons. The van der Waals surface area contributed by atoms with E-state index in [-0.39, 0.29) is 17.3 Å². The van der Waals surface area contributed by atoms with Crippen LogP contribution in [0.5, 0.6) is 0 Å². The maximum absolute atomic E-state index is 12.8. The molecule has 0 aliphatic rings. The van der Waals surface area contributed by atoms with Crippen LogP contribution in [0.1, 0.15) is 31.2 Å². The molecule has 0 aromatic carbocycles. The molecule has 0 bridgehead atoms. The summed E-state index contributed by atoms with van der Waals surface area (Å²) in [5.74, 6) is 0.151. The number of hydrogen-bond acceptors (Lipinski definition) is 4. The molecular formula is C11H10F3N3O. The summed E-state index contributed by atoms with van der Waals surface area (Å²) in [6.07, 6.45) is -2.32. The topological polar surface area (TPSA) is 51.8 Å². The van der Waals surface area contributed by atoms with Crippen molar-refractivity contribution in [3.8, 4) is 11.4 Å². The molecule has 4 nitrogen and oxygen atoms in total. The van der Waals surface area contributed by atoms with E-state index in [0.717, 1.165) is 18.5 Å². The Kier molecular flexibility index (Phi) is 3.06. The number of aromatic nitrogens is 3. The summed E-state index contributed by atoms with van der Waals surface area (Å²) in [5, 5.41) is 3.56. The first-order chi connectivity index (χ1) is 8.39. The summed E-state index contributed by atoms with van der Waals surface area (Å²) in [6.45, 7) is 3.62. The highest BCUT2D eigenvalue weighted by atomic mass is 19.4. The third kappa shape index (κ3) is 2.34. The van der Waals surface area contributed by atoms with Gasteiger partial charge >= 0.3 is 6.18 Å². The van der Waals surface area contributed by atoms with Crippen LogP contribution in [0.2, 0.25) is 0 Å². The Bertz CT molecular complexity index is 548. The smallest absolute Gasteiger partial charge is 0.339 e. The van der Waals surface area contributed by atoms with Crippen LogP contribution in [0.15, 0.2) is 23.0 Å². The second-order valence-corrected chi connectivity index (χ2v) is 4.03. The molecule has 0 atom stereocenters. The van der Waals surface area contributed by atoms with E-state index in [1.807, 2.05) is 13.8 Å². The lowest BCUT2D eigenvalue weighted by Gasteiger charge is -2.08. The molecule has 0 N–H and O–H groups in total. The van der Waals surface area contributed by atoms with E-state index < -0.39 is 11.7 Å². The Morgan fingerprint density at radius 1 is 1.28 bits per heavy atom. The second kappa shape index (κ2) is 4.40. The summed E-state index contributed by atoms with van der Waals surface area (Å²) in [5.41, 5.74) is -1.01. The Morgan fingerprint density at radius 2 is 2.00 bits per heavy atom. The zero-order chi connectivity index (χ0) is 13.3. The molecule has 0 spiro atoms. The third-order valence-corrected chi connectivity index (χ3v) is 2.30. The maximum atomic E-state index is 12.8. The summed E-state index contributed by atoms with van der Waals surface area (Å²) in [7, 11) is 0. The van der Waals surface area contributed by atoms with E-state index >= 15 is 0 Å². The number of pyridine rings is 1. The lowest BCUT2D eigenvalue weighted by Crippen LogP contribution is -2.07. The van der Waals surface area contributed by atoms with Crippen LogP contribution >= 0.6 is 0 Å². The minimum atomic E-state index is -4.48. The van der Waals surface area contributed by atoms with Gasteiger partial charge in [-0.05, 0) is 6.07 Å². The molecule has 0 saturated carbocycles. The van der Waals surface area contributed by atoms with Gasteiger partial charge in [0.2, 0.25) is 11.7 Å². The van der Waals surface area contributed by atoms with E-state index in [0.29, 0.717) is 5.89 Å². The van der Waals surface area contributed by atoms with Crippen molar-refractivity contribution in [1.82, 2.24) is 15.1 Å². The number of hydrogen-bond donors (Lipinski definition) is 0. The fraction of sp³-hybridized carbons (Fsp3) is 0.364. The van der Waals surface area contributed by atoms with Gasteiger partial charge in [-0.25, -0.2) is 0 Å². The fourth-order valence-electron chi connectivity index (χ4n) is 1.40. The number of alkyl halides is 3. The van der Waals surface area contributed by atoms with Crippen LogP contribution in [0.3, 0.4) is 0 Å². The first-order valence-corrected chi connectivity index (χ1v) is 5.24. The average molecular weight is 257 g/mol. The van der Waals surface area contributed by atoms with Crippen molar-refractivity contribution in [1.29, 1.82) is 0 Å². The van der Waals surface area contributed by atoms with E-state index in [4.69, 9.17) is 4.52 Å². The van der Waals surface area contributed by atoms with Gasteiger partial charge in [0.1, 0.15) is 0 Å². The van der Waals surface area contributed by atoms with Crippen molar-refractivity contribution < 1.29 is 17.7 Å². The molecule has 2 aromatic rings. The number of nitrogens with zero attached hydrogens (tertiary/aromatic N) is 3. The van der Waals surface area contributed by atoms with E-state index in [1.54, 1.807) is 0 Å². The van der Waals surface area contributed by atoms with Gasteiger partial charge in [-0.3, -0.25) is 4.98 Å². The van der Waals surface area contributed by atoms with Crippen LogP contribution in [0.25, 0.3) is 11.4 Å². The lowest BCUT2D eigenvalue weighted by molar-refractivity contribution is -0.137. The number of rotatable bonds is 2. The maximum Gasteiger partial charge on any atom is 0.417 e. The zero-order valence-corrected chi connectivity index (χ0v) is 9.69. The van der Waals surface area contributed by atoms with Crippen molar-refractivity contribution in [2.24, 2.45) is 0 Å². The van der Waals surface area contributed by atoms with Crippen LogP contribution in [0, 0.1) is 0 Å². The zero-order valence-electron chi connectivity index (χ0n) is 9.69. The standard InChI is InChI=1S/C11H10F3N3O/c1-6(2)10-16-9(17-18-10)7-5-15-4-3-8(7)11(12,13)14/h3-6H,1-2H3. The molecule has 2 aromatic heterocycles. The van der Waals surface area contributed by atoms with Crippen LogP contribution in [-0.2, 0) is 6.18 Å². The highest BCUT2D eigenvalue weighted by Gasteiger charge is 2.34. The van der Waals surface area contributed by atoms with E-state index in [2.05, 4.69) is 15.1 Å². The Labute approximate surface area is 101 Å². The highest BCUT2D eigenvalue weighted by Crippen LogP contribution is 2.35. The Balaban J connectivity index is 2.50. The monoisotopic (exact) mass is 257 g/mol. The van der Waals surface area contributed by atoms with E-state index in [1.165, 1.54) is 0 Å². The Morgan fingerprint density at radius 3 is 2.56 bits per heavy atom. The van der Waals surface area contributed by atoms with Crippen LogP contribution < -0.4 is 0 Å². The van der Waals surface area contributed by atoms with Crippen molar-refractivity contribution in [2.75, 3.05) is 0 Å². The van der Waals surface area contributed by atoms with Gasteiger partial charge in [-0.1, -0.05) is 19.0 Å². The summed E-state index contributed by atoms with van der Waals surface area (Å²) >= 11 is 0. The fourth-order valence-corrected chi connectivity index (χ4v) is 1.40. The van der Waals surface area contributed by atoms with Crippen molar-refractivity contribution >= 4 is 0 Å². The second-order valence-electron chi connectivity index (χ2n) is 4.03. The molecular weight excluding hydrogens is 247 g/mol. The molecule has 0 unspecified atom stereocenters. The van der Waals surface area contributed by atoms with Gasteiger partial charge in [0, 0.05) is 18.3 Å². The summed E-state index contributed by atoms with van der Waals surface area (Å²) in [4.78, 5) is 7.60. The van der Waals surface area contributed by atoms with Crippen molar-refractivity contribution in [2.45, 2.75) is 25.9 Å². The SMILES string of the molecule is CC(C)c1nc(-c2cnccc2C(F)(F)F)no1. The van der Waals surface area contributed by atoms with Gasteiger partial charge in [-0.2, -0.15) is 18.2 Å². The highest BCUT2D eigenvalue weighted by molar-refractivity contribution is 5.59. The molecule has 0 saturated heterocycles. The van der Waals surface area contributed by atoms with Crippen molar-refractivity contribution in [3.05, 3.63) is 29.9 Å². The van der Waals surface area contributed by atoms with Crippen LogP contribution in [-0.4, -0.2) is 15.1 Å². The van der Waals surface area contributed by atoms with E-state index in [9.17, 15) is 13.2 Å². The van der Waals surface area contributed by atoms with Gasteiger partial charge in [0.05, 0.1) is 11.1 Å². The van der Waals surface area contributed by atoms with Gasteiger partial charge in [0.15, 0.2) is 0 Å². The Hall–Kier alpha value is -1.92. The normalized spacial score (nSPS) is 12.1. The predicted molar refractivity (Wildman–Crippen MR) is 56.6 cm³/mol. The quantitative estimate of drug-likeness (QED) is 0.828. The third-order valence-electron chi connectivity index (χ3n) is 2.30. The molecule has 0 aliphatic heterocycles.